The Balaban J connectivity index is 2.08. The maximum Gasteiger partial charge on any atom is 0.326 e. The molecule has 1 aliphatic heterocycles. The van der Waals surface area contributed by atoms with Crippen molar-refractivity contribution in [3.63, 3.8) is 0 Å². The summed E-state index contributed by atoms with van der Waals surface area (Å²) in [6.45, 7) is 4.44. The van der Waals surface area contributed by atoms with Crippen LogP contribution in [0, 0.1) is 5.92 Å². The number of nitrogens with one attached hydrogen (secondary N) is 1. The number of nitrogens with zero attached hydrogens (tertiary/aromatic N) is 2. The van der Waals surface area contributed by atoms with E-state index in [0.717, 1.165) is 12.8 Å². The van der Waals surface area contributed by atoms with Crippen molar-refractivity contribution in [1.29, 1.82) is 0 Å². The highest BCUT2D eigenvalue weighted by Gasteiger charge is 2.44. The molecule has 0 spiro atoms. The van der Waals surface area contributed by atoms with E-state index in [-0.39, 0.29) is 11.0 Å². The molecule has 1 aliphatic carbocycles. The molecule has 1 atom stereocenters. The monoisotopic (exact) mass is 311 g/mol. The van der Waals surface area contributed by atoms with E-state index < -0.39 is 23.0 Å². The maximum absolute atomic E-state index is 12.6. The predicted molar refractivity (Wildman–Crippen MR) is 79.0 cm³/mol. The first-order valence-electron chi connectivity index (χ1n) is 7.10. The Kier molecular flexibility index (Phi) is 3.24. The lowest BCUT2D eigenvalue weighted by Gasteiger charge is -2.18. The third kappa shape index (κ3) is 2.41. The molecule has 0 unspecified atom stereocenters. The summed E-state index contributed by atoms with van der Waals surface area (Å²) in [7, 11) is 0. The van der Waals surface area contributed by atoms with Crippen LogP contribution in [0.25, 0.3) is 0 Å². The van der Waals surface area contributed by atoms with E-state index in [0.29, 0.717) is 24.6 Å². The van der Waals surface area contributed by atoms with E-state index in [1.807, 2.05) is 13.8 Å². The highest BCUT2D eigenvalue weighted by molar-refractivity contribution is 6.30. The number of fused-ring (bicyclic) bond motifs is 1. The topological polar surface area (TPSA) is 84.2 Å². The molecule has 0 aromatic carbocycles. The lowest BCUT2D eigenvalue weighted by molar-refractivity contribution is -0.140. The van der Waals surface area contributed by atoms with Gasteiger partial charge in [0.25, 0.3) is 5.56 Å². The number of hydrogen-bond donors (Lipinski definition) is 2. The summed E-state index contributed by atoms with van der Waals surface area (Å²) in [5.41, 5.74) is -0.368. The summed E-state index contributed by atoms with van der Waals surface area (Å²) in [4.78, 5) is 28.2. The summed E-state index contributed by atoms with van der Waals surface area (Å²) in [5, 5.41) is 12.6. The number of carbonyl (C=O) groups is 1. The van der Waals surface area contributed by atoms with Crippen LogP contribution in [-0.4, -0.2) is 27.2 Å². The fourth-order valence-corrected chi connectivity index (χ4v) is 3.40. The van der Waals surface area contributed by atoms with Gasteiger partial charge in [-0.1, -0.05) is 25.4 Å². The van der Waals surface area contributed by atoms with Gasteiger partial charge in [-0.15, -0.1) is 0 Å². The first kappa shape index (κ1) is 14.4. The molecule has 0 amide bonds. The largest absolute Gasteiger partial charge is 0.480 e. The Morgan fingerprint density at radius 1 is 1.52 bits per heavy atom. The molecule has 0 bridgehead atoms. The number of aliphatic carboxylic acids is 1. The Morgan fingerprint density at radius 2 is 2.19 bits per heavy atom. The summed E-state index contributed by atoms with van der Waals surface area (Å²) in [6.07, 6.45) is 2.64. The second-order valence-electron chi connectivity index (χ2n) is 6.54. The van der Waals surface area contributed by atoms with Crippen molar-refractivity contribution < 1.29 is 9.90 Å². The SMILES string of the molecule is CC1(C)C[C@@H](C(=O)O)n2c1c(Cl)nc(NCC1CC1)c2=O. The van der Waals surface area contributed by atoms with Gasteiger partial charge in [0, 0.05) is 12.0 Å². The molecule has 0 saturated heterocycles. The quantitative estimate of drug-likeness (QED) is 0.888. The summed E-state index contributed by atoms with van der Waals surface area (Å²) in [5.74, 6) is -0.283. The van der Waals surface area contributed by atoms with Crippen molar-refractivity contribution in [2.45, 2.75) is 44.6 Å². The van der Waals surface area contributed by atoms with Gasteiger partial charge in [-0.25, -0.2) is 9.78 Å². The zero-order chi connectivity index (χ0) is 15.4. The van der Waals surface area contributed by atoms with Gasteiger partial charge in [0.1, 0.15) is 6.04 Å². The fraction of sp³-hybridized carbons (Fsp3) is 0.643. The summed E-state index contributed by atoms with van der Waals surface area (Å²) >= 11 is 6.23. The van der Waals surface area contributed by atoms with Crippen LogP contribution in [0.2, 0.25) is 5.15 Å². The third-order valence-electron chi connectivity index (χ3n) is 4.26. The minimum Gasteiger partial charge on any atom is -0.480 e. The highest BCUT2D eigenvalue weighted by atomic mass is 35.5. The van der Waals surface area contributed by atoms with Gasteiger partial charge in [-0.3, -0.25) is 9.36 Å². The van der Waals surface area contributed by atoms with Crippen LogP contribution >= 0.6 is 11.6 Å². The lowest BCUT2D eigenvalue weighted by Crippen LogP contribution is -2.31. The Morgan fingerprint density at radius 3 is 2.76 bits per heavy atom. The molecule has 6 nitrogen and oxygen atoms in total. The number of hydrogen-bond acceptors (Lipinski definition) is 4. The Bertz CT molecular complexity index is 664. The molecule has 114 valence electrons. The normalized spacial score (nSPS) is 22.9. The van der Waals surface area contributed by atoms with Gasteiger partial charge < -0.3 is 10.4 Å². The molecule has 7 heteroatoms. The van der Waals surface area contributed by atoms with E-state index in [9.17, 15) is 14.7 Å². The van der Waals surface area contributed by atoms with E-state index in [1.165, 1.54) is 4.57 Å². The van der Waals surface area contributed by atoms with Gasteiger partial charge in [0.05, 0.1) is 5.69 Å². The Labute approximate surface area is 127 Å². The van der Waals surface area contributed by atoms with Gasteiger partial charge in [-0.05, 0) is 25.2 Å². The first-order valence-corrected chi connectivity index (χ1v) is 7.48. The summed E-state index contributed by atoms with van der Waals surface area (Å²) in [6, 6.07) is -0.885. The molecule has 1 aromatic heterocycles. The first-order chi connectivity index (χ1) is 9.81. The van der Waals surface area contributed by atoms with E-state index in [4.69, 9.17) is 11.6 Å². The average Bonchev–Trinajstić information content (AvgIpc) is 3.15. The zero-order valence-electron chi connectivity index (χ0n) is 12.0. The molecule has 2 aliphatic rings. The van der Waals surface area contributed by atoms with Crippen LogP contribution in [0.4, 0.5) is 5.82 Å². The van der Waals surface area contributed by atoms with Crippen LogP contribution in [-0.2, 0) is 10.2 Å². The number of halogens is 1. The van der Waals surface area contributed by atoms with Crippen molar-refractivity contribution in [3.05, 3.63) is 21.2 Å². The van der Waals surface area contributed by atoms with Gasteiger partial charge in [0.2, 0.25) is 0 Å². The van der Waals surface area contributed by atoms with Crippen LogP contribution in [0.15, 0.2) is 4.79 Å². The molecule has 3 rings (SSSR count). The van der Waals surface area contributed by atoms with Crippen molar-refractivity contribution in [1.82, 2.24) is 9.55 Å². The molecular formula is C14H18ClN3O3. The molecule has 1 aromatic rings. The van der Waals surface area contributed by atoms with Crippen molar-refractivity contribution in [2.75, 3.05) is 11.9 Å². The van der Waals surface area contributed by atoms with E-state index >= 15 is 0 Å². The molecule has 2 heterocycles. The minimum atomic E-state index is -1.01. The van der Waals surface area contributed by atoms with Gasteiger partial charge in [0.15, 0.2) is 11.0 Å². The molecule has 0 radical (unpaired) electrons. The van der Waals surface area contributed by atoms with Crippen LogP contribution in [0.3, 0.4) is 0 Å². The number of aromatic nitrogens is 2. The lowest BCUT2D eigenvalue weighted by atomic mass is 9.87. The van der Waals surface area contributed by atoms with Gasteiger partial charge >= 0.3 is 5.97 Å². The summed E-state index contributed by atoms with van der Waals surface area (Å²) < 4.78 is 1.30. The average molecular weight is 312 g/mol. The minimum absolute atomic E-state index is 0.152. The molecular weight excluding hydrogens is 294 g/mol. The smallest absolute Gasteiger partial charge is 0.326 e. The van der Waals surface area contributed by atoms with E-state index in [1.54, 1.807) is 0 Å². The van der Waals surface area contributed by atoms with Crippen molar-refractivity contribution in [3.8, 4) is 0 Å². The fourth-order valence-electron chi connectivity index (χ4n) is 2.96. The Hall–Kier alpha value is -1.56. The standard InChI is InChI=1S/C14H18ClN3O3/c1-14(2)5-8(13(20)21)18-9(14)10(15)17-11(12(18)19)16-6-7-3-4-7/h7-8H,3-6H2,1-2H3,(H,16,17)(H,20,21)/t8-/m0/s1. The van der Waals surface area contributed by atoms with Crippen LogP contribution < -0.4 is 10.9 Å². The molecule has 2 N–H and O–H groups in total. The second kappa shape index (κ2) is 4.73. The number of carboxylic acid groups (broad SMARTS) is 1. The molecule has 1 saturated carbocycles. The van der Waals surface area contributed by atoms with E-state index in [2.05, 4.69) is 10.3 Å². The van der Waals surface area contributed by atoms with Gasteiger partial charge in [-0.2, -0.15) is 0 Å². The van der Waals surface area contributed by atoms with Crippen molar-refractivity contribution in [2.24, 2.45) is 5.92 Å². The number of carboxylic acids is 1. The van der Waals surface area contributed by atoms with Crippen LogP contribution in [0.1, 0.15) is 44.8 Å². The van der Waals surface area contributed by atoms with Crippen LogP contribution in [0.5, 0.6) is 0 Å². The number of rotatable bonds is 4. The second-order valence-corrected chi connectivity index (χ2v) is 6.90. The number of anilines is 1. The molecule has 21 heavy (non-hydrogen) atoms. The zero-order valence-corrected chi connectivity index (χ0v) is 12.8. The highest BCUT2D eigenvalue weighted by Crippen LogP contribution is 2.42. The maximum atomic E-state index is 12.6. The van der Waals surface area contributed by atoms with Crippen molar-refractivity contribution >= 4 is 23.4 Å². The third-order valence-corrected chi connectivity index (χ3v) is 4.53. The molecule has 1 fully saturated rings. The predicted octanol–water partition coefficient (Wildman–Crippen LogP) is 2.03.